The number of carbonyl (C=O) groups excluding carboxylic acids is 2. The second kappa shape index (κ2) is 12.7. The third-order valence-corrected chi connectivity index (χ3v) is 3.20. The van der Waals surface area contributed by atoms with Gasteiger partial charge in [0, 0.05) is 0 Å². The number of isocyanates is 1. The molecule has 1 rings (SSSR count). The Morgan fingerprint density at radius 2 is 1.82 bits per heavy atom. The molecule has 0 unspecified atom stereocenters. The van der Waals surface area contributed by atoms with Crippen LogP contribution in [0.3, 0.4) is 0 Å². The zero-order chi connectivity index (χ0) is 15.9. The second-order valence-electron chi connectivity index (χ2n) is 5.06. The first kappa shape index (κ1) is 18.1. The molecule has 0 atom stereocenters. The van der Waals surface area contributed by atoms with Crippen LogP contribution in [0.2, 0.25) is 0 Å². The molecule has 0 heterocycles. The first-order valence-electron chi connectivity index (χ1n) is 7.77. The van der Waals surface area contributed by atoms with E-state index < -0.39 is 0 Å². The second-order valence-corrected chi connectivity index (χ2v) is 5.06. The predicted molar refractivity (Wildman–Crippen MR) is 85.2 cm³/mol. The van der Waals surface area contributed by atoms with E-state index in [2.05, 4.69) is 10.3 Å². The Bertz CT molecular complexity index is 456. The van der Waals surface area contributed by atoms with Crippen molar-refractivity contribution in [1.29, 1.82) is 0 Å². The van der Waals surface area contributed by atoms with E-state index in [0.717, 1.165) is 44.2 Å². The van der Waals surface area contributed by atoms with Crippen LogP contribution in [-0.2, 0) is 20.9 Å². The monoisotopic (exact) mass is 304 g/mol. The summed E-state index contributed by atoms with van der Waals surface area (Å²) in [6.07, 6.45) is 6.81. The van der Waals surface area contributed by atoms with Crippen molar-refractivity contribution in [2.24, 2.45) is 4.99 Å². The van der Waals surface area contributed by atoms with Gasteiger partial charge in [0.25, 0.3) is 0 Å². The number of unbranched alkanes of at least 4 members (excludes halogenated alkanes) is 4. The van der Waals surface area contributed by atoms with Gasteiger partial charge in [-0.1, -0.05) is 49.6 Å². The Labute approximate surface area is 131 Å². The van der Waals surface area contributed by atoms with Crippen LogP contribution in [0.4, 0.5) is 0 Å². The maximum absolute atomic E-state index is 11.5. The quantitative estimate of drug-likeness (QED) is 0.279. The molecule has 0 radical (unpaired) electrons. The van der Waals surface area contributed by atoms with Crippen molar-refractivity contribution < 1.29 is 14.3 Å². The molecule has 5 heteroatoms. The van der Waals surface area contributed by atoms with E-state index in [9.17, 15) is 9.59 Å². The highest BCUT2D eigenvalue weighted by Gasteiger charge is 2.02. The summed E-state index contributed by atoms with van der Waals surface area (Å²) in [6.45, 7) is 1.97. The zero-order valence-electron chi connectivity index (χ0n) is 12.9. The SMILES string of the molecule is O=C=NCCCCCCCNCC(=O)OCc1ccccc1. The maximum Gasteiger partial charge on any atom is 0.320 e. The lowest BCUT2D eigenvalue weighted by Crippen LogP contribution is -2.25. The van der Waals surface area contributed by atoms with Gasteiger partial charge in [-0.15, -0.1) is 0 Å². The molecule has 5 nitrogen and oxygen atoms in total. The summed E-state index contributed by atoms with van der Waals surface area (Å²) in [6, 6.07) is 9.64. The molecule has 0 fully saturated rings. The van der Waals surface area contributed by atoms with E-state index in [0.29, 0.717) is 13.2 Å². The van der Waals surface area contributed by atoms with Crippen LogP contribution in [-0.4, -0.2) is 31.7 Å². The van der Waals surface area contributed by atoms with E-state index in [1.54, 1.807) is 0 Å². The van der Waals surface area contributed by atoms with Gasteiger partial charge in [-0.2, -0.15) is 0 Å². The van der Waals surface area contributed by atoms with Gasteiger partial charge >= 0.3 is 5.97 Å². The predicted octanol–water partition coefficient (Wildman–Crippen LogP) is 2.61. The third-order valence-electron chi connectivity index (χ3n) is 3.20. The molecule has 0 saturated heterocycles. The van der Waals surface area contributed by atoms with Crippen molar-refractivity contribution in [3.63, 3.8) is 0 Å². The van der Waals surface area contributed by atoms with Crippen molar-refractivity contribution >= 4 is 12.0 Å². The van der Waals surface area contributed by atoms with Gasteiger partial charge in [-0.05, 0) is 24.9 Å². The molecule has 1 aromatic carbocycles. The Morgan fingerprint density at radius 1 is 1.09 bits per heavy atom. The summed E-state index contributed by atoms with van der Waals surface area (Å²) in [4.78, 5) is 24.9. The molecule has 0 amide bonds. The Morgan fingerprint density at radius 3 is 2.59 bits per heavy atom. The first-order valence-corrected chi connectivity index (χ1v) is 7.77. The largest absolute Gasteiger partial charge is 0.460 e. The molecule has 0 aliphatic heterocycles. The average molecular weight is 304 g/mol. The number of hydrogen-bond acceptors (Lipinski definition) is 5. The van der Waals surface area contributed by atoms with Crippen molar-refractivity contribution in [2.45, 2.75) is 38.7 Å². The summed E-state index contributed by atoms with van der Waals surface area (Å²) in [5.41, 5.74) is 0.995. The Balaban J connectivity index is 1.89. The van der Waals surface area contributed by atoms with Crippen LogP contribution in [0, 0.1) is 0 Å². The van der Waals surface area contributed by atoms with Crippen LogP contribution in [0.1, 0.15) is 37.7 Å². The molecule has 1 aromatic rings. The minimum atomic E-state index is -0.226. The fourth-order valence-corrected chi connectivity index (χ4v) is 2.00. The highest BCUT2D eigenvalue weighted by atomic mass is 16.5. The molecular formula is C17H24N2O3. The van der Waals surface area contributed by atoms with Crippen LogP contribution in [0.15, 0.2) is 35.3 Å². The molecule has 22 heavy (non-hydrogen) atoms. The number of ether oxygens (including phenoxy) is 1. The molecule has 0 bridgehead atoms. The van der Waals surface area contributed by atoms with Gasteiger partial charge in [0.15, 0.2) is 0 Å². The van der Waals surface area contributed by atoms with E-state index >= 15 is 0 Å². The summed E-state index contributed by atoms with van der Waals surface area (Å²) < 4.78 is 5.17. The van der Waals surface area contributed by atoms with Crippen molar-refractivity contribution in [3.8, 4) is 0 Å². The standard InChI is InChI=1S/C17H24N2O3/c20-15-19-12-8-3-1-2-7-11-18-13-17(21)22-14-16-9-5-4-6-10-16/h4-6,9-10,18H,1-3,7-8,11-14H2. The summed E-state index contributed by atoms with van der Waals surface area (Å²) in [5, 5.41) is 3.09. The molecule has 0 aliphatic carbocycles. The number of nitrogens with zero attached hydrogens (tertiary/aromatic N) is 1. The number of rotatable bonds is 12. The summed E-state index contributed by atoms with van der Waals surface area (Å²) in [7, 11) is 0. The van der Waals surface area contributed by atoms with E-state index in [1.165, 1.54) is 6.08 Å². The lowest BCUT2D eigenvalue weighted by Gasteiger charge is -2.06. The van der Waals surface area contributed by atoms with Gasteiger partial charge in [0.1, 0.15) is 6.61 Å². The molecule has 120 valence electrons. The van der Waals surface area contributed by atoms with Crippen LogP contribution < -0.4 is 5.32 Å². The van der Waals surface area contributed by atoms with Crippen LogP contribution in [0.5, 0.6) is 0 Å². The van der Waals surface area contributed by atoms with E-state index in [4.69, 9.17) is 4.74 Å². The lowest BCUT2D eigenvalue weighted by molar-refractivity contribution is -0.143. The first-order chi connectivity index (χ1) is 10.8. The number of benzene rings is 1. The van der Waals surface area contributed by atoms with Crippen molar-refractivity contribution in [2.75, 3.05) is 19.6 Å². The molecular weight excluding hydrogens is 280 g/mol. The number of hydrogen-bond donors (Lipinski definition) is 1. The van der Waals surface area contributed by atoms with Crippen LogP contribution in [0.25, 0.3) is 0 Å². The van der Waals surface area contributed by atoms with Crippen molar-refractivity contribution in [1.82, 2.24) is 5.32 Å². The summed E-state index contributed by atoms with van der Waals surface area (Å²) >= 11 is 0. The van der Waals surface area contributed by atoms with Gasteiger partial charge < -0.3 is 10.1 Å². The molecule has 0 saturated carbocycles. The lowest BCUT2D eigenvalue weighted by atomic mass is 10.1. The highest BCUT2D eigenvalue weighted by molar-refractivity contribution is 5.71. The van der Waals surface area contributed by atoms with Crippen LogP contribution >= 0.6 is 0 Å². The van der Waals surface area contributed by atoms with Gasteiger partial charge in [-0.25, -0.2) is 9.79 Å². The molecule has 0 aliphatic rings. The zero-order valence-corrected chi connectivity index (χ0v) is 12.9. The molecule has 0 aromatic heterocycles. The molecule has 0 spiro atoms. The fourth-order valence-electron chi connectivity index (χ4n) is 2.00. The smallest absolute Gasteiger partial charge is 0.320 e. The van der Waals surface area contributed by atoms with E-state index in [1.807, 2.05) is 30.3 Å². The highest BCUT2D eigenvalue weighted by Crippen LogP contribution is 2.02. The minimum absolute atomic E-state index is 0.226. The number of nitrogens with one attached hydrogen (secondary N) is 1. The Kier molecular flexibility index (Phi) is 10.5. The van der Waals surface area contributed by atoms with Gasteiger partial charge in [-0.3, -0.25) is 4.79 Å². The van der Waals surface area contributed by atoms with Gasteiger partial charge in [0.05, 0.1) is 13.1 Å². The molecule has 1 N–H and O–H groups in total. The van der Waals surface area contributed by atoms with E-state index in [-0.39, 0.29) is 12.5 Å². The number of aliphatic imine (C=N–C) groups is 1. The minimum Gasteiger partial charge on any atom is -0.460 e. The fraction of sp³-hybridized carbons (Fsp3) is 0.529. The Hall–Kier alpha value is -1.97. The topological polar surface area (TPSA) is 67.8 Å². The summed E-state index contributed by atoms with van der Waals surface area (Å²) in [5.74, 6) is -0.226. The average Bonchev–Trinajstić information content (AvgIpc) is 2.55. The van der Waals surface area contributed by atoms with Crippen molar-refractivity contribution in [3.05, 3.63) is 35.9 Å². The van der Waals surface area contributed by atoms with Gasteiger partial charge in [0.2, 0.25) is 6.08 Å². The normalized spacial score (nSPS) is 10.0. The third kappa shape index (κ3) is 9.86. The maximum atomic E-state index is 11.5. The number of carbonyl (C=O) groups is 1. The number of esters is 1.